The first-order chi connectivity index (χ1) is 11.2. The van der Waals surface area contributed by atoms with E-state index in [1.54, 1.807) is 36.7 Å². The van der Waals surface area contributed by atoms with Crippen molar-refractivity contribution in [3.63, 3.8) is 0 Å². The molecule has 3 rings (SSSR count). The molecule has 0 aliphatic carbocycles. The summed E-state index contributed by atoms with van der Waals surface area (Å²) in [6.07, 6.45) is 3.32. The number of hydrogen-bond donors (Lipinski definition) is 1. The molecular weight excluding hydrogens is 300 g/mol. The van der Waals surface area contributed by atoms with Crippen LogP contribution < -0.4 is 10.1 Å². The van der Waals surface area contributed by atoms with E-state index in [9.17, 15) is 8.78 Å². The van der Waals surface area contributed by atoms with Crippen LogP contribution in [0.15, 0.2) is 60.9 Å². The summed E-state index contributed by atoms with van der Waals surface area (Å²) in [5.41, 5.74) is 2.46. The normalized spacial score (nSPS) is 10.6. The molecule has 4 nitrogen and oxygen atoms in total. The van der Waals surface area contributed by atoms with Crippen LogP contribution in [0.5, 0.6) is 5.75 Å². The molecular formula is C17H12F2N3O. The standard InChI is InChI=1S/C17H12F2N3O/c18-16(19)23-15-8-6-12(7-9-15)13-10-20-17(21-11-13)22-14-4-2-1-3-5-14/h2-11,16H,(H,20,21,22). The topological polar surface area (TPSA) is 47.0 Å². The first kappa shape index (κ1) is 14.9. The maximum absolute atomic E-state index is 12.1. The number of nitrogens with zero attached hydrogens (tertiary/aromatic N) is 2. The molecule has 0 bridgehead atoms. The largest absolute Gasteiger partial charge is 0.435 e. The van der Waals surface area contributed by atoms with Crippen LogP contribution in [-0.2, 0) is 0 Å². The minimum Gasteiger partial charge on any atom is -0.435 e. The second-order valence-electron chi connectivity index (χ2n) is 4.61. The molecule has 23 heavy (non-hydrogen) atoms. The van der Waals surface area contributed by atoms with Gasteiger partial charge in [-0.3, -0.25) is 0 Å². The van der Waals surface area contributed by atoms with Crippen LogP contribution in [0.4, 0.5) is 20.4 Å². The summed E-state index contributed by atoms with van der Waals surface area (Å²) in [5, 5.41) is 3.07. The summed E-state index contributed by atoms with van der Waals surface area (Å²) in [6.45, 7) is -2.83. The molecule has 0 aliphatic heterocycles. The lowest BCUT2D eigenvalue weighted by molar-refractivity contribution is -0.0498. The summed E-state index contributed by atoms with van der Waals surface area (Å²) in [6, 6.07) is 16.5. The minimum atomic E-state index is -2.83. The van der Waals surface area contributed by atoms with Gasteiger partial charge in [0.1, 0.15) is 5.75 Å². The van der Waals surface area contributed by atoms with Gasteiger partial charge in [-0.25, -0.2) is 9.97 Å². The van der Waals surface area contributed by atoms with Gasteiger partial charge in [0, 0.05) is 23.6 Å². The van der Waals surface area contributed by atoms with Crippen molar-refractivity contribution in [2.45, 2.75) is 6.61 Å². The van der Waals surface area contributed by atoms with Gasteiger partial charge in [-0.1, -0.05) is 24.3 Å². The molecule has 0 amide bonds. The van der Waals surface area contributed by atoms with E-state index in [2.05, 4.69) is 26.1 Å². The molecule has 0 saturated heterocycles. The van der Waals surface area contributed by atoms with Gasteiger partial charge in [-0.15, -0.1) is 0 Å². The van der Waals surface area contributed by atoms with Gasteiger partial charge in [0.2, 0.25) is 5.95 Å². The van der Waals surface area contributed by atoms with Gasteiger partial charge in [-0.05, 0) is 35.9 Å². The Kier molecular flexibility index (Phi) is 4.42. The van der Waals surface area contributed by atoms with E-state index in [1.807, 2.05) is 12.1 Å². The first-order valence-corrected chi connectivity index (χ1v) is 6.81. The maximum Gasteiger partial charge on any atom is 0.387 e. The first-order valence-electron chi connectivity index (χ1n) is 6.81. The lowest BCUT2D eigenvalue weighted by atomic mass is 10.1. The SMILES string of the molecule is FC(F)Oc1ccc(-c2cnc(Nc3cc[c]cc3)nc2)cc1. The Balaban J connectivity index is 1.71. The zero-order valence-electron chi connectivity index (χ0n) is 11.9. The summed E-state index contributed by atoms with van der Waals surface area (Å²) in [5.74, 6) is 0.585. The zero-order valence-corrected chi connectivity index (χ0v) is 11.9. The molecule has 0 saturated carbocycles. The van der Waals surface area contributed by atoms with Crippen molar-refractivity contribution in [3.8, 4) is 16.9 Å². The highest BCUT2D eigenvalue weighted by molar-refractivity contribution is 5.63. The van der Waals surface area contributed by atoms with Crippen LogP contribution in [0.25, 0.3) is 11.1 Å². The fraction of sp³-hybridized carbons (Fsp3) is 0.0588. The number of aromatic nitrogens is 2. The van der Waals surface area contributed by atoms with E-state index in [-0.39, 0.29) is 5.75 Å². The van der Waals surface area contributed by atoms with Crippen molar-refractivity contribution >= 4 is 11.6 Å². The molecule has 0 aliphatic rings. The lowest BCUT2D eigenvalue weighted by Crippen LogP contribution is -2.01. The van der Waals surface area contributed by atoms with Gasteiger partial charge in [-0.2, -0.15) is 8.78 Å². The van der Waals surface area contributed by atoms with Crippen LogP contribution in [0, 0.1) is 6.07 Å². The number of halogens is 2. The number of ether oxygens (including phenoxy) is 1. The Hall–Kier alpha value is -3.02. The van der Waals surface area contributed by atoms with E-state index in [4.69, 9.17) is 0 Å². The fourth-order valence-corrected chi connectivity index (χ4v) is 1.97. The molecule has 0 atom stereocenters. The third-order valence-electron chi connectivity index (χ3n) is 3.04. The molecule has 0 unspecified atom stereocenters. The predicted octanol–water partition coefficient (Wildman–Crippen LogP) is 4.29. The number of benzene rings is 2. The Bertz CT molecular complexity index is 747. The smallest absolute Gasteiger partial charge is 0.387 e. The monoisotopic (exact) mass is 312 g/mol. The highest BCUT2D eigenvalue weighted by Gasteiger charge is 2.05. The summed E-state index contributed by atoms with van der Waals surface area (Å²) in [7, 11) is 0. The molecule has 1 aromatic heterocycles. The van der Waals surface area contributed by atoms with Crippen LogP contribution in [0.2, 0.25) is 0 Å². The second kappa shape index (κ2) is 6.83. The van der Waals surface area contributed by atoms with Gasteiger partial charge in [0.15, 0.2) is 0 Å². The molecule has 2 aromatic carbocycles. The van der Waals surface area contributed by atoms with Crippen molar-refractivity contribution in [1.82, 2.24) is 9.97 Å². The summed E-state index contributed by atoms with van der Waals surface area (Å²) >= 11 is 0. The van der Waals surface area contributed by atoms with E-state index in [0.717, 1.165) is 16.8 Å². The maximum atomic E-state index is 12.1. The van der Waals surface area contributed by atoms with E-state index in [0.29, 0.717) is 5.95 Å². The van der Waals surface area contributed by atoms with Crippen molar-refractivity contribution in [1.29, 1.82) is 0 Å². The molecule has 3 aromatic rings. The van der Waals surface area contributed by atoms with Crippen LogP contribution in [-0.4, -0.2) is 16.6 Å². The second-order valence-corrected chi connectivity index (χ2v) is 4.61. The average molecular weight is 312 g/mol. The Morgan fingerprint density at radius 1 is 0.913 bits per heavy atom. The molecule has 6 heteroatoms. The van der Waals surface area contributed by atoms with E-state index < -0.39 is 6.61 Å². The highest BCUT2D eigenvalue weighted by Crippen LogP contribution is 2.23. The number of anilines is 2. The number of alkyl halides is 2. The van der Waals surface area contributed by atoms with E-state index >= 15 is 0 Å². The van der Waals surface area contributed by atoms with Gasteiger partial charge < -0.3 is 10.1 Å². The fourth-order valence-electron chi connectivity index (χ4n) is 1.97. The van der Waals surface area contributed by atoms with Gasteiger partial charge in [0.05, 0.1) is 0 Å². The number of rotatable bonds is 5. The van der Waals surface area contributed by atoms with Crippen LogP contribution >= 0.6 is 0 Å². The Morgan fingerprint density at radius 2 is 1.57 bits per heavy atom. The Labute approximate surface area is 131 Å². The summed E-state index contributed by atoms with van der Waals surface area (Å²) in [4.78, 5) is 8.47. The molecule has 1 heterocycles. The van der Waals surface area contributed by atoms with E-state index in [1.165, 1.54) is 12.1 Å². The van der Waals surface area contributed by atoms with Crippen molar-refractivity contribution < 1.29 is 13.5 Å². The third-order valence-corrected chi connectivity index (χ3v) is 3.04. The molecule has 0 spiro atoms. The zero-order chi connectivity index (χ0) is 16.1. The lowest BCUT2D eigenvalue weighted by Gasteiger charge is -2.07. The van der Waals surface area contributed by atoms with Crippen LogP contribution in [0.1, 0.15) is 0 Å². The summed E-state index contributed by atoms with van der Waals surface area (Å²) < 4.78 is 28.5. The average Bonchev–Trinajstić information content (AvgIpc) is 2.57. The van der Waals surface area contributed by atoms with Crippen molar-refractivity contribution in [2.75, 3.05) is 5.32 Å². The quantitative estimate of drug-likeness (QED) is 0.763. The number of nitrogens with one attached hydrogen (secondary N) is 1. The van der Waals surface area contributed by atoms with Gasteiger partial charge >= 0.3 is 6.61 Å². The molecule has 1 N–H and O–H groups in total. The predicted molar refractivity (Wildman–Crippen MR) is 82.7 cm³/mol. The van der Waals surface area contributed by atoms with Crippen molar-refractivity contribution in [3.05, 3.63) is 67.0 Å². The van der Waals surface area contributed by atoms with Crippen LogP contribution in [0.3, 0.4) is 0 Å². The van der Waals surface area contributed by atoms with Crippen molar-refractivity contribution in [2.24, 2.45) is 0 Å². The molecule has 115 valence electrons. The third kappa shape index (κ3) is 4.00. The molecule has 0 fully saturated rings. The Morgan fingerprint density at radius 3 is 2.17 bits per heavy atom. The van der Waals surface area contributed by atoms with Gasteiger partial charge in [0.25, 0.3) is 0 Å². The minimum absolute atomic E-state index is 0.115. The highest BCUT2D eigenvalue weighted by atomic mass is 19.3. The molecule has 1 radical (unpaired) electrons. The number of hydrogen-bond acceptors (Lipinski definition) is 4.